The van der Waals surface area contributed by atoms with Crippen molar-refractivity contribution in [2.45, 2.75) is 45.3 Å². The van der Waals surface area contributed by atoms with Crippen molar-refractivity contribution in [3.63, 3.8) is 0 Å². The maximum atomic E-state index is 13.9. The van der Waals surface area contributed by atoms with Crippen molar-refractivity contribution < 1.29 is 13.2 Å². The topological polar surface area (TPSA) is 67.1 Å². The number of halogens is 4. The van der Waals surface area contributed by atoms with Crippen molar-refractivity contribution in [2.24, 2.45) is 5.92 Å². The molecule has 0 bridgehead atoms. The van der Waals surface area contributed by atoms with Crippen molar-refractivity contribution in [2.75, 3.05) is 18.4 Å². The molecule has 1 fully saturated rings. The van der Waals surface area contributed by atoms with E-state index in [2.05, 4.69) is 25.7 Å². The van der Waals surface area contributed by atoms with Crippen LogP contribution in [0.5, 0.6) is 0 Å². The molecule has 2 aromatic heterocycles. The van der Waals surface area contributed by atoms with Gasteiger partial charge in [-0.25, -0.2) is 27.7 Å². The zero-order valence-electron chi connectivity index (χ0n) is 14.0. The van der Waals surface area contributed by atoms with E-state index in [0.29, 0.717) is 25.2 Å². The Kier molecular flexibility index (Phi) is 6.45. The third-order valence-electron chi connectivity index (χ3n) is 4.01. The molecule has 10 heteroatoms. The third-order valence-corrected chi connectivity index (χ3v) is 4.01. The lowest BCUT2D eigenvalue weighted by molar-refractivity contribution is 0.148. The van der Waals surface area contributed by atoms with Crippen LogP contribution in [-0.2, 0) is 6.42 Å². The second-order valence-electron chi connectivity index (χ2n) is 6.45. The standard InChI is InChI=1S/C15H21F3N6.ClH/c1-8(2)5-12-22-13(14(17)18)11-7-20-15(23-24(11)12)21-10-3-4-19-6-9(10)16;/h7-10,14,19H,3-6H2,1-2H3,(H,21,23);1H/t9-,10-;/m1./s1. The Balaban J connectivity index is 0.00000225. The van der Waals surface area contributed by atoms with Gasteiger partial charge in [-0.1, -0.05) is 13.8 Å². The van der Waals surface area contributed by atoms with E-state index in [4.69, 9.17) is 0 Å². The molecular formula is C15H22ClF3N6. The van der Waals surface area contributed by atoms with Crippen LogP contribution < -0.4 is 10.6 Å². The first-order chi connectivity index (χ1) is 11.5. The van der Waals surface area contributed by atoms with E-state index in [-0.39, 0.29) is 42.0 Å². The van der Waals surface area contributed by atoms with Crippen LogP contribution >= 0.6 is 12.4 Å². The fourth-order valence-electron chi connectivity index (χ4n) is 2.84. The SMILES string of the molecule is CC(C)Cc1nc(C(F)F)c2cnc(N[C@@H]3CCNC[C@H]3F)nn12.Cl. The fourth-order valence-corrected chi connectivity index (χ4v) is 2.84. The van der Waals surface area contributed by atoms with Crippen LogP contribution in [0.15, 0.2) is 6.20 Å². The summed E-state index contributed by atoms with van der Waals surface area (Å²) in [5, 5.41) is 10.2. The lowest BCUT2D eigenvalue weighted by atomic mass is 10.1. The summed E-state index contributed by atoms with van der Waals surface area (Å²) in [5.74, 6) is 0.926. The predicted molar refractivity (Wildman–Crippen MR) is 91.3 cm³/mol. The largest absolute Gasteiger partial charge is 0.347 e. The molecule has 0 spiro atoms. The molecule has 0 amide bonds. The van der Waals surface area contributed by atoms with Crippen LogP contribution in [0.4, 0.5) is 19.1 Å². The third kappa shape index (κ3) is 4.33. The zero-order chi connectivity index (χ0) is 17.3. The average Bonchev–Trinajstić information content (AvgIpc) is 2.87. The van der Waals surface area contributed by atoms with Crippen molar-refractivity contribution in [3.05, 3.63) is 17.7 Å². The summed E-state index contributed by atoms with van der Waals surface area (Å²) in [6.45, 7) is 4.94. The second kappa shape index (κ2) is 8.18. The van der Waals surface area contributed by atoms with Crippen molar-refractivity contribution in [3.8, 4) is 0 Å². The Bertz CT molecular complexity index is 708. The predicted octanol–water partition coefficient (Wildman–Crippen LogP) is 2.79. The van der Waals surface area contributed by atoms with Gasteiger partial charge in [-0.05, 0) is 18.9 Å². The number of alkyl halides is 3. The van der Waals surface area contributed by atoms with Gasteiger partial charge in [0.25, 0.3) is 6.43 Å². The van der Waals surface area contributed by atoms with Gasteiger partial charge in [-0.3, -0.25) is 0 Å². The van der Waals surface area contributed by atoms with Gasteiger partial charge in [0.1, 0.15) is 23.2 Å². The zero-order valence-corrected chi connectivity index (χ0v) is 14.9. The number of imidazole rings is 1. The van der Waals surface area contributed by atoms with Gasteiger partial charge in [-0.15, -0.1) is 17.5 Å². The summed E-state index contributed by atoms with van der Waals surface area (Å²) in [4.78, 5) is 8.10. The van der Waals surface area contributed by atoms with E-state index in [9.17, 15) is 13.2 Å². The van der Waals surface area contributed by atoms with Gasteiger partial charge in [0, 0.05) is 13.0 Å². The van der Waals surface area contributed by atoms with Gasteiger partial charge >= 0.3 is 0 Å². The van der Waals surface area contributed by atoms with E-state index in [1.54, 1.807) is 0 Å². The molecule has 140 valence electrons. The Labute approximate surface area is 150 Å². The second-order valence-corrected chi connectivity index (χ2v) is 6.45. The van der Waals surface area contributed by atoms with E-state index < -0.39 is 18.6 Å². The first-order valence-corrected chi connectivity index (χ1v) is 8.09. The number of nitrogens with zero attached hydrogens (tertiary/aromatic N) is 4. The Morgan fingerprint density at radius 3 is 2.80 bits per heavy atom. The highest BCUT2D eigenvalue weighted by atomic mass is 35.5. The van der Waals surface area contributed by atoms with E-state index in [0.717, 1.165) is 0 Å². The molecule has 2 atom stereocenters. The number of rotatable bonds is 5. The van der Waals surface area contributed by atoms with Crippen LogP contribution in [0.25, 0.3) is 5.52 Å². The number of piperidine rings is 1. The Morgan fingerprint density at radius 1 is 1.40 bits per heavy atom. The summed E-state index contributed by atoms with van der Waals surface area (Å²) >= 11 is 0. The Morgan fingerprint density at radius 2 is 2.16 bits per heavy atom. The summed E-state index contributed by atoms with van der Waals surface area (Å²) < 4.78 is 41.6. The van der Waals surface area contributed by atoms with Gasteiger partial charge in [0.15, 0.2) is 0 Å². The lowest BCUT2D eigenvalue weighted by Gasteiger charge is -2.27. The summed E-state index contributed by atoms with van der Waals surface area (Å²) in [6, 6.07) is -0.393. The van der Waals surface area contributed by atoms with E-state index in [1.807, 2.05) is 13.8 Å². The number of anilines is 1. The van der Waals surface area contributed by atoms with Crippen molar-refractivity contribution in [1.29, 1.82) is 0 Å². The highest BCUT2D eigenvalue weighted by Crippen LogP contribution is 2.25. The van der Waals surface area contributed by atoms with Crippen LogP contribution in [0, 0.1) is 5.92 Å². The molecule has 1 saturated heterocycles. The summed E-state index contributed by atoms with van der Waals surface area (Å²) in [6.07, 6.45) is -1.30. The smallest absolute Gasteiger partial charge is 0.282 e. The molecule has 0 aromatic carbocycles. The highest BCUT2D eigenvalue weighted by Gasteiger charge is 2.26. The van der Waals surface area contributed by atoms with Crippen LogP contribution in [0.1, 0.15) is 38.2 Å². The van der Waals surface area contributed by atoms with Crippen LogP contribution in [0.3, 0.4) is 0 Å². The first-order valence-electron chi connectivity index (χ1n) is 8.09. The number of hydrogen-bond acceptors (Lipinski definition) is 5. The molecule has 0 saturated carbocycles. The highest BCUT2D eigenvalue weighted by molar-refractivity contribution is 5.85. The minimum Gasteiger partial charge on any atom is -0.347 e. The molecule has 0 aliphatic carbocycles. The molecule has 3 heterocycles. The van der Waals surface area contributed by atoms with Crippen LogP contribution in [-0.4, -0.2) is 44.9 Å². The van der Waals surface area contributed by atoms with Crippen LogP contribution in [0.2, 0.25) is 0 Å². The minimum atomic E-state index is -2.69. The van der Waals surface area contributed by atoms with Gasteiger partial charge in [-0.2, -0.15) is 0 Å². The molecule has 2 N–H and O–H groups in total. The minimum absolute atomic E-state index is 0. The lowest BCUT2D eigenvalue weighted by Crippen LogP contribution is -2.45. The fraction of sp³-hybridized carbons (Fsp3) is 0.667. The molecule has 25 heavy (non-hydrogen) atoms. The average molecular weight is 379 g/mol. The molecule has 0 unspecified atom stereocenters. The molecule has 6 nitrogen and oxygen atoms in total. The number of nitrogens with one attached hydrogen (secondary N) is 2. The van der Waals surface area contributed by atoms with E-state index >= 15 is 0 Å². The molecule has 1 aliphatic rings. The summed E-state index contributed by atoms with van der Waals surface area (Å²) in [7, 11) is 0. The number of fused-ring (bicyclic) bond motifs is 1. The van der Waals surface area contributed by atoms with Crippen molar-refractivity contribution in [1.82, 2.24) is 24.9 Å². The van der Waals surface area contributed by atoms with E-state index in [1.165, 1.54) is 10.7 Å². The van der Waals surface area contributed by atoms with Crippen molar-refractivity contribution >= 4 is 23.9 Å². The quantitative estimate of drug-likeness (QED) is 0.837. The molecule has 0 radical (unpaired) electrons. The first kappa shape index (κ1) is 19.7. The summed E-state index contributed by atoms with van der Waals surface area (Å²) in [5.41, 5.74) is -0.129. The normalized spacial score (nSPS) is 20.9. The van der Waals surface area contributed by atoms with Gasteiger partial charge < -0.3 is 10.6 Å². The van der Waals surface area contributed by atoms with Gasteiger partial charge in [0.2, 0.25) is 5.95 Å². The maximum Gasteiger partial charge on any atom is 0.282 e. The number of aromatic nitrogens is 4. The Hall–Kier alpha value is -1.61. The molecule has 2 aromatic rings. The molecular weight excluding hydrogens is 357 g/mol. The molecule has 3 rings (SSSR count). The molecule has 1 aliphatic heterocycles. The number of hydrogen-bond donors (Lipinski definition) is 2. The monoisotopic (exact) mass is 378 g/mol. The maximum absolute atomic E-state index is 13.9. The van der Waals surface area contributed by atoms with Gasteiger partial charge in [0.05, 0.1) is 12.2 Å².